The first-order valence-corrected chi connectivity index (χ1v) is 18.5. The van der Waals surface area contributed by atoms with Gasteiger partial charge in [0.2, 0.25) is 35.4 Å². The molecule has 284 valence electrons. The Morgan fingerprint density at radius 2 is 1.66 bits per heavy atom. The van der Waals surface area contributed by atoms with Crippen molar-refractivity contribution in [3.63, 3.8) is 0 Å². The van der Waals surface area contributed by atoms with Gasteiger partial charge in [-0.3, -0.25) is 33.6 Å². The second-order valence-corrected chi connectivity index (χ2v) is 14.6. The normalized spacial score (nSPS) is 26.1. The third-order valence-electron chi connectivity index (χ3n) is 10.3. The summed E-state index contributed by atoms with van der Waals surface area (Å²) in [6, 6.07) is 8.39. The van der Waals surface area contributed by atoms with Gasteiger partial charge < -0.3 is 36.6 Å². The number of hydrogen-bond donors (Lipinski definition) is 6. The third kappa shape index (κ3) is 9.79. The van der Waals surface area contributed by atoms with Crippen LogP contribution in [0.25, 0.3) is 0 Å². The lowest BCUT2D eigenvalue weighted by molar-refractivity contribution is -0.143. The molecule has 14 nitrogen and oxygen atoms in total. The number of rotatable bonds is 7. The largest absolute Gasteiger partial charge is 0.508 e. The first-order chi connectivity index (χ1) is 25.3. The van der Waals surface area contributed by atoms with Crippen molar-refractivity contribution in [1.29, 1.82) is 0 Å². The molecule has 2 saturated heterocycles. The first-order valence-electron chi connectivity index (χ1n) is 18.5. The SMILES string of the molecule is CCC1Cc2cc(ccc2O)C(=O)CNC(=O)[C@H](Cc2ccccc2)NC(=O)[C@H](CC(C)C)NC(=O)[C@@H]2CCCN2C(=O)C1NC(=O)[C@@H]1CCC(=O)N1. The summed E-state index contributed by atoms with van der Waals surface area (Å²) < 4.78 is 0. The van der Waals surface area contributed by atoms with E-state index in [9.17, 15) is 38.7 Å². The first kappa shape index (κ1) is 38.9. The lowest BCUT2D eigenvalue weighted by Gasteiger charge is -2.34. The Kier molecular flexibility index (Phi) is 12.9. The van der Waals surface area contributed by atoms with Crippen LogP contribution in [-0.4, -0.2) is 94.5 Å². The summed E-state index contributed by atoms with van der Waals surface area (Å²) in [7, 11) is 0. The Labute approximate surface area is 309 Å². The fourth-order valence-electron chi connectivity index (χ4n) is 7.33. The Hall–Kier alpha value is -5.27. The van der Waals surface area contributed by atoms with Crippen LogP contribution >= 0.6 is 0 Å². The number of fused-ring (bicyclic) bond motifs is 3. The van der Waals surface area contributed by atoms with Crippen LogP contribution in [0.5, 0.6) is 5.75 Å². The summed E-state index contributed by atoms with van der Waals surface area (Å²) in [5.41, 5.74) is 1.34. The van der Waals surface area contributed by atoms with Gasteiger partial charge in [0, 0.05) is 24.9 Å². The number of hydrogen-bond acceptors (Lipinski definition) is 8. The molecular weight excluding hydrogens is 680 g/mol. The van der Waals surface area contributed by atoms with Crippen molar-refractivity contribution in [2.24, 2.45) is 11.8 Å². The van der Waals surface area contributed by atoms with Crippen molar-refractivity contribution in [1.82, 2.24) is 31.5 Å². The number of carbonyl (C=O) groups excluding carboxylic acids is 7. The van der Waals surface area contributed by atoms with Gasteiger partial charge in [0.1, 0.15) is 36.0 Å². The zero-order chi connectivity index (χ0) is 38.2. The van der Waals surface area contributed by atoms with Crippen LogP contribution in [0.1, 0.15) is 80.8 Å². The van der Waals surface area contributed by atoms with Crippen molar-refractivity contribution in [2.45, 2.75) is 102 Å². The van der Waals surface area contributed by atoms with Crippen LogP contribution in [0.3, 0.4) is 0 Å². The number of aromatic hydroxyl groups is 1. The Morgan fingerprint density at radius 1 is 0.925 bits per heavy atom. The molecule has 6 amide bonds. The van der Waals surface area contributed by atoms with Gasteiger partial charge in [-0.05, 0) is 73.3 Å². The Balaban J connectivity index is 1.52. The van der Waals surface area contributed by atoms with Gasteiger partial charge in [0.25, 0.3) is 0 Å². The molecule has 0 radical (unpaired) electrons. The van der Waals surface area contributed by atoms with Crippen molar-refractivity contribution in [3.8, 4) is 5.75 Å². The molecule has 6 atom stereocenters. The van der Waals surface area contributed by atoms with Crippen molar-refractivity contribution in [3.05, 3.63) is 65.2 Å². The van der Waals surface area contributed by atoms with Crippen LogP contribution in [0.4, 0.5) is 0 Å². The van der Waals surface area contributed by atoms with E-state index >= 15 is 0 Å². The van der Waals surface area contributed by atoms with Crippen LogP contribution in [0.15, 0.2) is 48.5 Å². The maximum absolute atomic E-state index is 14.5. The summed E-state index contributed by atoms with van der Waals surface area (Å²) in [4.78, 5) is 96.3. The lowest BCUT2D eigenvalue weighted by Crippen LogP contribution is -2.60. The number of nitrogens with zero attached hydrogens (tertiary/aromatic N) is 1. The number of nitrogens with one attached hydrogen (secondary N) is 5. The van der Waals surface area contributed by atoms with E-state index in [1.165, 1.54) is 23.1 Å². The molecule has 0 spiro atoms. The zero-order valence-electron chi connectivity index (χ0n) is 30.5. The maximum Gasteiger partial charge on any atom is 0.246 e. The molecule has 0 aliphatic carbocycles. The van der Waals surface area contributed by atoms with Gasteiger partial charge >= 0.3 is 0 Å². The Morgan fingerprint density at radius 3 is 2.34 bits per heavy atom. The number of Topliss-reactive ketones (excluding diaryl/α,β-unsaturated/α-hetero) is 1. The number of benzene rings is 2. The Bertz CT molecular complexity index is 1710. The van der Waals surface area contributed by atoms with E-state index in [0.717, 1.165) is 5.56 Å². The predicted molar refractivity (Wildman–Crippen MR) is 194 cm³/mol. The molecule has 3 aliphatic heterocycles. The highest BCUT2D eigenvalue weighted by atomic mass is 16.3. The van der Waals surface area contributed by atoms with E-state index in [0.29, 0.717) is 24.8 Å². The molecule has 5 rings (SSSR count). The lowest BCUT2D eigenvalue weighted by atomic mass is 9.87. The summed E-state index contributed by atoms with van der Waals surface area (Å²) >= 11 is 0. The van der Waals surface area contributed by atoms with Crippen molar-refractivity contribution in [2.75, 3.05) is 13.1 Å². The fraction of sp³-hybridized carbons (Fsp3) is 0.513. The molecule has 2 unspecified atom stereocenters. The summed E-state index contributed by atoms with van der Waals surface area (Å²) in [6.07, 6.45) is 2.10. The minimum absolute atomic E-state index is 0.0274. The number of ketones is 1. The van der Waals surface area contributed by atoms with Crippen LogP contribution in [0, 0.1) is 11.8 Å². The maximum atomic E-state index is 14.5. The summed E-state index contributed by atoms with van der Waals surface area (Å²) in [6.45, 7) is 5.47. The predicted octanol–water partition coefficient (Wildman–Crippen LogP) is 1.29. The monoisotopic (exact) mass is 730 g/mol. The molecule has 14 heteroatoms. The standard InChI is InChI=1S/C39H50N6O8/c1-4-24-19-26-20-25(12-14-31(26)46)32(47)21-40-35(49)29(18-23-9-6-5-7-10-23)42-37(51)28(17-22(2)3)43-38(52)30-11-8-16-45(30)39(53)34(24)44-36(50)27-13-15-33(48)41-27/h5-7,9-10,12,14,20,22,24,27-30,34,46H,4,8,11,13,15-19,21H2,1-3H3,(H,40,49)(H,41,48)(H,42,51)(H,43,52)(H,44,50)/t24?,27-,28-,29-,30-,34?/m0/s1. The van der Waals surface area contributed by atoms with Gasteiger partial charge in [0.15, 0.2) is 5.78 Å². The zero-order valence-corrected chi connectivity index (χ0v) is 30.5. The average molecular weight is 731 g/mol. The molecule has 2 aromatic rings. The van der Waals surface area contributed by atoms with Gasteiger partial charge in [0.05, 0.1) is 6.54 Å². The van der Waals surface area contributed by atoms with E-state index in [1.807, 2.05) is 51.1 Å². The highest BCUT2D eigenvalue weighted by molar-refractivity contribution is 6.01. The van der Waals surface area contributed by atoms with Crippen LogP contribution in [0.2, 0.25) is 0 Å². The second kappa shape index (κ2) is 17.5. The van der Waals surface area contributed by atoms with Crippen LogP contribution < -0.4 is 26.6 Å². The molecule has 0 aromatic heterocycles. The number of amides is 6. The van der Waals surface area contributed by atoms with E-state index in [4.69, 9.17) is 0 Å². The molecule has 2 bridgehead atoms. The fourth-order valence-corrected chi connectivity index (χ4v) is 7.33. The molecule has 2 fully saturated rings. The average Bonchev–Trinajstić information content (AvgIpc) is 3.81. The smallest absolute Gasteiger partial charge is 0.246 e. The number of carbonyl (C=O) groups is 7. The van der Waals surface area contributed by atoms with Gasteiger partial charge in [-0.2, -0.15) is 0 Å². The molecule has 3 heterocycles. The van der Waals surface area contributed by atoms with Gasteiger partial charge in [-0.1, -0.05) is 57.5 Å². The molecule has 3 aliphatic rings. The highest BCUT2D eigenvalue weighted by Gasteiger charge is 2.42. The van der Waals surface area contributed by atoms with Gasteiger partial charge in [-0.25, -0.2) is 0 Å². The van der Waals surface area contributed by atoms with E-state index in [1.54, 1.807) is 0 Å². The van der Waals surface area contributed by atoms with Crippen molar-refractivity contribution < 1.29 is 38.7 Å². The van der Waals surface area contributed by atoms with Gasteiger partial charge in [-0.15, -0.1) is 0 Å². The number of phenols is 1. The molecule has 6 N–H and O–H groups in total. The van der Waals surface area contributed by atoms with Crippen molar-refractivity contribution >= 4 is 41.2 Å². The summed E-state index contributed by atoms with van der Waals surface area (Å²) in [5, 5.41) is 24.7. The minimum Gasteiger partial charge on any atom is -0.508 e. The highest BCUT2D eigenvalue weighted by Crippen LogP contribution is 2.28. The van der Waals surface area contributed by atoms with E-state index < -0.39 is 78.0 Å². The topological polar surface area (TPSA) is 203 Å². The number of phenolic OH excluding ortho intramolecular Hbond substituents is 1. The van der Waals surface area contributed by atoms with E-state index in [-0.39, 0.29) is 61.8 Å². The minimum atomic E-state index is -1.15. The second-order valence-electron chi connectivity index (χ2n) is 14.6. The van der Waals surface area contributed by atoms with E-state index in [2.05, 4.69) is 26.6 Å². The third-order valence-corrected chi connectivity index (χ3v) is 10.3. The quantitative estimate of drug-likeness (QED) is 0.245. The van der Waals surface area contributed by atoms with Crippen LogP contribution in [-0.2, 0) is 41.6 Å². The molecule has 2 aromatic carbocycles. The molecule has 0 saturated carbocycles. The molecular formula is C39H50N6O8. The summed E-state index contributed by atoms with van der Waals surface area (Å²) in [5.74, 6) is -4.18. The molecule has 53 heavy (non-hydrogen) atoms.